The van der Waals surface area contributed by atoms with Gasteiger partial charge in [-0.05, 0) is 28.8 Å². The van der Waals surface area contributed by atoms with E-state index in [1.807, 2.05) is 54.6 Å². The Morgan fingerprint density at radius 1 is 0.976 bits per heavy atom. The summed E-state index contributed by atoms with van der Waals surface area (Å²) in [5.41, 5.74) is 1.57. The van der Waals surface area contributed by atoms with Gasteiger partial charge in [-0.15, -0.1) is 11.8 Å². The molecule has 0 amide bonds. The molecule has 0 spiro atoms. The van der Waals surface area contributed by atoms with Crippen LogP contribution in [-0.4, -0.2) is 30.1 Å². The SMILES string of the molecule is COC(=O)C1CN(C2c3ccccc3SCc3c2ccc(F)c3F)n2ccc(=O)c(OCc3ccccc3)c2C1=O. The topological polar surface area (TPSA) is 77.8 Å². The minimum Gasteiger partial charge on any atom is -0.483 e. The summed E-state index contributed by atoms with van der Waals surface area (Å²) in [5.74, 6) is -4.64. The van der Waals surface area contributed by atoms with Crippen molar-refractivity contribution in [3.63, 3.8) is 0 Å². The van der Waals surface area contributed by atoms with Crippen molar-refractivity contribution >= 4 is 23.5 Å². The molecular weight excluding hydrogens is 550 g/mol. The molecule has 41 heavy (non-hydrogen) atoms. The van der Waals surface area contributed by atoms with Crippen molar-refractivity contribution in [1.82, 2.24) is 4.68 Å². The number of thioether (sulfide) groups is 1. The summed E-state index contributed by atoms with van der Waals surface area (Å²) in [6.45, 7) is -0.124. The Kier molecular flexibility index (Phi) is 7.08. The lowest BCUT2D eigenvalue weighted by Crippen LogP contribution is -2.53. The lowest BCUT2D eigenvalue weighted by Gasteiger charge is -2.42. The van der Waals surface area contributed by atoms with Crippen LogP contribution in [-0.2, 0) is 21.9 Å². The van der Waals surface area contributed by atoms with Gasteiger partial charge < -0.3 is 9.47 Å². The van der Waals surface area contributed by atoms with E-state index >= 15 is 4.39 Å². The second kappa shape index (κ2) is 10.9. The predicted molar refractivity (Wildman–Crippen MR) is 149 cm³/mol. The summed E-state index contributed by atoms with van der Waals surface area (Å²) in [5, 5.41) is 1.72. The van der Waals surface area contributed by atoms with Gasteiger partial charge in [0.05, 0.1) is 19.7 Å². The molecule has 3 heterocycles. The summed E-state index contributed by atoms with van der Waals surface area (Å²) in [4.78, 5) is 40.7. The molecule has 3 aromatic carbocycles. The van der Waals surface area contributed by atoms with Crippen LogP contribution in [0.1, 0.15) is 38.8 Å². The maximum Gasteiger partial charge on any atom is 0.318 e. The number of hydrogen-bond acceptors (Lipinski definition) is 7. The number of rotatable bonds is 5. The van der Waals surface area contributed by atoms with E-state index in [0.29, 0.717) is 5.56 Å². The molecule has 1 aromatic heterocycles. The molecule has 6 rings (SSSR count). The number of ketones is 1. The van der Waals surface area contributed by atoms with E-state index in [1.165, 1.54) is 41.9 Å². The number of halogens is 2. The van der Waals surface area contributed by atoms with Crippen molar-refractivity contribution in [3.8, 4) is 5.75 Å². The second-order valence-corrected chi connectivity index (χ2v) is 10.7. The Morgan fingerprint density at radius 3 is 2.51 bits per heavy atom. The number of pyridine rings is 1. The summed E-state index contributed by atoms with van der Waals surface area (Å²) >= 11 is 1.37. The molecule has 2 aliphatic rings. The van der Waals surface area contributed by atoms with E-state index in [0.717, 1.165) is 22.1 Å². The number of methoxy groups -OCH3 is 1. The molecule has 2 aliphatic heterocycles. The van der Waals surface area contributed by atoms with Crippen molar-refractivity contribution < 1.29 is 27.8 Å². The van der Waals surface area contributed by atoms with Crippen molar-refractivity contribution in [2.45, 2.75) is 23.3 Å². The fourth-order valence-corrected chi connectivity index (χ4v) is 6.50. The zero-order valence-electron chi connectivity index (χ0n) is 21.9. The fraction of sp³-hybridized carbons (Fsp3) is 0.194. The van der Waals surface area contributed by atoms with Crippen LogP contribution in [0, 0.1) is 17.6 Å². The third kappa shape index (κ3) is 4.67. The predicted octanol–water partition coefficient (Wildman–Crippen LogP) is 5.02. The van der Waals surface area contributed by atoms with Crippen LogP contribution in [0.4, 0.5) is 8.78 Å². The van der Waals surface area contributed by atoms with E-state index in [1.54, 1.807) is 5.01 Å². The van der Waals surface area contributed by atoms with Gasteiger partial charge in [-0.25, -0.2) is 8.78 Å². The van der Waals surface area contributed by atoms with Gasteiger partial charge in [0.15, 0.2) is 23.1 Å². The molecule has 208 valence electrons. The third-order valence-corrected chi connectivity index (χ3v) is 8.47. The average Bonchev–Trinajstić information content (AvgIpc) is 3.16. The first-order valence-electron chi connectivity index (χ1n) is 12.9. The molecule has 0 aliphatic carbocycles. The quantitative estimate of drug-likeness (QED) is 0.245. The smallest absolute Gasteiger partial charge is 0.318 e. The van der Waals surface area contributed by atoms with Crippen LogP contribution in [0.15, 0.2) is 88.7 Å². The first-order valence-corrected chi connectivity index (χ1v) is 13.9. The Bertz CT molecular complexity index is 1730. The summed E-state index contributed by atoms with van der Waals surface area (Å²) in [6, 6.07) is 19.8. The van der Waals surface area contributed by atoms with Gasteiger partial charge in [0, 0.05) is 28.5 Å². The van der Waals surface area contributed by atoms with Crippen molar-refractivity contribution in [3.05, 3.63) is 129 Å². The van der Waals surface area contributed by atoms with Gasteiger partial charge in [0.1, 0.15) is 12.5 Å². The number of Topliss-reactive ketones (excluding diaryl/α,β-unsaturated/α-hetero) is 1. The number of benzene rings is 3. The van der Waals surface area contributed by atoms with Crippen LogP contribution in [0.5, 0.6) is 5.75 Å². The van der Waals surface area contributed by atoms with Crippen molar-refractivity contribution in [1.29, 1.82) is 0 Å². The fourth-order valence-electron chi connectivity index (χ4n) is 5.38. The number of hydrogen-bond donors (Lipinski definition) is 0. The first kappa shape index (κ1) is 26.8. The standard InChI is InChI=1S/C31H24F2N2O5S/c1-39-31(38)21-15-35(27-19-11-12-23(32)26(33)22(19)17-41-25-10-6-5-9-20(25)27)34-14-13-24(36)30(28(34)29(21)37)40-16-18-7-3-2-4-8-18/h2-14,21,27H,15-17H2,1H3. The van der Waals surface area contributed by atoms with E-state index < -0.39 is 40.8 Å². The lowest BCUT2D eigenvalue weighted by atomic mass is 9.91. The average molecular weight is 575 g/mol. The Balaban J connectivity index is 1.57. The highest BCUT2D eigenvalue weighted by molar-refractivity contribution is 7.98. The highest BCUT2D eigenvalue weighted by atomic mass is 32.2. The Labute approximate surface area is 238 Å². The summed E-state index contributed by atoms with van der Waals surface area (Å²) in [7, 11) is 1.19. The summed E-state index contributed by atoms with van der Waals surface area (Å²) in [6.07, 6.45) is 1.44. The molecule has 0 N–H and O–H groups in total. The van der Waals surface area contributed by atoms with Crippen LogP contribution < -0.4 is 15.2 Å². The van der Waals surface area contributed by atoms with Crippen LogP contribution in [0.3, 0.4) is 0 Å². The van der Waals surface area contributed by atoms with Gasteiger partial charge in [0.2, 0.25) is 11.2 Å². The molecule has 4 aromatic rings. The molecule has 7 nitrogen and oxygen atoms in total. The van der Waals surface area contributed by atoms with Gasteiger partial charge in [0.25, 0.3) is 0 Å². The monoisotopic (exact) mass is 574 g/mol. The first-order chi connectivity index (χ1) is 19.9. The highest BCUT2D eigenvalue weighted by Gasteiger charge is 2.44. The molecule has 2 atom stereocenters. The number of nitrogens with zero attached hydrogens (tertiary/aromatic N) is 2. The van der Waals surface area contributed by atoms with Gasteiger partial charge in [-0.3, -0.25) is 24.1 Å². The van der Waals surface area contributed by atoms with Crippen LogP contribution in [0.2, 0.25) is 0 Å². The highest BCUT2D eigenvalue weighted by Crippen LogP contribution is 2.44. The maximum atomic E-state index is 15.2. The molecule has 0 saturated heterocycles. The van der Waals surface area contributed by atoms with E-state index in [-0.39, 0.29) is 35.9 Å². The lowest BCUT2D eigenvalue weighted by molar-refractivity contribution is -0.143. The number of esters is 1. The minimum atomic E-state index is -1.29. The Morgan fingerprint density at radius 2 is 1.73 bits per heavy atom. The second-order valence-electron chi connectivity index (χ2n) is 9.70. The number of aromatic nitrogens is 1. The molecule has 2 unspecified atom stereocenters. The molecular formula is C31H24F2N2O5S. The third-order valence-electron chi connectivity index (χ3n) is 7.35. The minimum absolute atomic E-state index is 0.0134. The summed E-state index contributed by atoms with van der Waals surface area (Å²) < 4.78 is 42.0. The molecule has 0 radical (unpaired) electrons. The van der Waals surface area contributed by atoms with Gasteiger partial charge >= 0.3 is 5.97 Å². The van der Waals surface area contributed by atoms with Crippen molar-refractivity contribution in [2.75, 3.05) is 18.7 Å². The van der Waals surface area contributed by atoms with Gasteiger partial charge in [-0.2, -0.15) is 0 Å². The van der Waals surface area contributed by atoms with E-state index in [2.05, 4.69) is 0 Å². The zero-order valence-corrected chi connectivity index (χ0v) is 22.7. The molecule has 0 fully saturated rings. The maximum absolute atomic E-state index is 15.2. The Hall–Kier alpha value is -4.44. The van der Waals surface area contributed by atoms with E-state index in [4.69, 9.17) is 9.47 Å². The molecule has 10 heteroatoms. The largest absolute Gasteiger partial charge is 0.483 e. The van der Waals surface area contributed by atoms with Crippen LogP contribution in [0.25, 0.3) is 0 Å². The number of carbonyl (C=O) groups is 2. The van der Waals surface area contributed by atoms with Gasteiger partial charge in [-0.1, -0.05) is 54.6 Å². The number of fused-ring (bicyclic) bond motifs is 3. The number of ether oxygens (including phenoxy) is 2. The normalized spacial score (nSPS) is 17.6. The van der Waals surface area contributed by atoms with E-state index in [9.17, 15) is 18.8 Å². The molecule has 0 bridgehead atoms. The molecule has 0 saturated carbocycles. The number of carbonyl (C=O) groups excluding carboxylic acids is 2. The van der Waals surface area contributed by atoms with Crippen LogP contribution >= 0.6 is 11.8 Å². The zero-order chi connectivity index (χ0) is 28.7. The van der Waals surface area contributed by atoms with Crippen molar-refractivity contribution in [2.24, 2.45) is 5.92 Å².